The number of benzene rings is 2. The summed E-state index contributed by atoms with van der Waals surface area (Å²) in [6.45, 7) is 8.36. The van der Waals surface area contributed by atoms with Crippen LogP contribution in [0.1, 0.15) is 33.6 Å². The minimum atomic E-state index is 0.875. The van der Waals surface area contributed by atoms with Gasteiger partial charge in [-0.3, -0.25) is 9.98 Å². The molecule has 0 N–H and O–H groups in total. The van der Waals surface area contributed by atoms with E-state index in [-0.39, 0.29) is 0 Å². The predicted molar refractivity (Wildman–Crippen MR) is 130 cm³/mol. The predicted octanol–water partition coefficient (Wildman–Crippen LogP) is 7.45. The van der Waals surface area contributed by atoms with Gasteiger partial charge in [0.05, 0.1) is 35.2 Å². The molecule has 0 saturated heterocycles. The molecule has 0 aliphatic rings. The second-order valence-electron chi connectivity index (χ2n) is 6.79. The van der Waals surface area contributed by atoms with Crippen LogP contribution in [0.25, 0.3) is 0 Å². The Bertz CT molecular complexity index is 903. The van der Waals surface area contributed by atoms with Gasteiger partial charge in [-0.05, 0) is 62.1 Å². The molecule has 0 bridgehead atoms. The fraction of sp³-hybridized carbons (Fsp3) is 0.217. The van der Waals surface area contributed by atoms with Crippen LogP contribution in [0.15, 0.2) is 58.5 Å². The van der Waals surface area contributed by atoms with Crippen molar-refractivity contribution in [2.24, 2.45) is 17.0 Å². The van der Waals surface area contributed by atoms with Crippen LogP contribution < -0.4 is 0 Å². The van der Waals surface area contributed by atoms with Gasteiger partial charge in [0, 0.05) is 7.05 Å². The summed E-state index contributed by atoms with van der Waals surface area (Å²) in [6.07, 6.45) is 3.84. The molecular weight excluding hydrogens is 534 g/mol. The van der Waals surface area contributed by atoms with Crippen molar-refractivity contribution in [3.05, 3.63) is 82.2 Å². The summed E-state index contributed by atoms with van der Waals surface area (Å²) in [7, 11) is 2.04. The standard InChI is InChI=1S/C23H25N3.2BrH.Fe/c1-16-8-6-9-17(2)22(16)24-14-20-12-13-21(26(20)5)15-25-23-18(3)10-7-11-19(23)4;;;/h6-15H,1-5H3;2*1H;/q;;;+2/p-2. The van der Waals surface area contributed by atoms with Crippen molar-refractivity contribution in [1.82, 2.24) is 4.57 Å². The summed E-state index contributed by atoms with van der Waals surface area (Å²) in [5.41, 5.74) is 8.93. The molecule has 0 unspecified atom stereocenters. The Kier molecular flexibility index (Phi) is 9.57. The Morgan fingerprint density at radius 3 is 1.31 bits per heavy atom. The van der Waals surface area contributed by atoms with Crippen LogP contribution in [0.3, 0.4) is 0 Å². The molecule has 6 heteroatoms. The molecule has 3 aromatic rings. The second kappa shape index (κ2) is 11.7. The Morgan fingerprint density at radius 2 is 1.00 bits per heavy atom. The van der Waals surface area contributed by atoms with Crippen molar-refractivity contribution < 1.29 is 11.3 Å². The monoisotopic (exact) mass is 557 g/mol. The maximum atomic E-state index is 4.71. The summed E-state index contributed by atoms with van der Waals surface area (Å²) in [5, 5.41) is 0. The van der Waals surface area contributed by atoms with Crippen molar-refractivity contribution in [2.75, 3.05) is 0 Å². The third-order valence-corrected chi connectivity index (χ3v) is 4.73. The van der Waals surface area contributed by atoms with E-state index in [1.165, 1.54) is 22.3 Å². The molecule has 0 atom stereocenters. The van der Waals surface area contributed by atoms with Crippen LogP contribution >= 0.6 is 28.2 Å². The quantitative estimate of drug-likeness (QED) is 0.235. The molecule has 2 aromatic carbocycles. The van der Waals surface area contributed by atoms with E-state index in [1.54, 1.807) is 0 Å². The van der Waals surface area contributed by atoms with E-state index in [9.17, 15) is 0 Å². The molecule has 3 nitrogen and oxygen atoms in total. The summed E-state index contributed by atoms with van der Waals surface area (Å²) in [6, 6.07) is 16.6. The van der Waals surface area contributed by atoms with Crippen LogP contribution in [-0.2, 0) is 18.4 Å². The Morgan fingerprint density at radius 1 is 0.690 bits per heavy atom. The third-order valence-electron chi connectivity index (χ3n) is 4.73. The van der Waals surface area contributed by atoms with Gasteiger partial charge in [-0.1, -0.05) is 36.4 Å². The molecule has 0 amide bonds. The van der Waals surface area contributed by atoms with E-state index in [4.69, 9.17) is 9.98 Å². The first kappa shape index (κ1) is 23.8. The first-order valence-corrected chi connectivity index (χ1v) is 14.6. The molecule has 154 valence electrons. The maximum absolute atomic E-state index is 4.71. The van der Waals surface area contributed by atoms with Crippen molar-refractivity contribution in [1.29, 1.82) is 0 Å². The summed E-state index contributed by atoms with van der Waals surface area (Å²) in [4.78, 5) is 9.41. The van der Waals surface area contributed by atoms with Gasteiger partial charge in [-0.15, -0.1) is 0 Å². The zero-order valence-corrected chi connectivity index (χ0v) is 21.5. The fourth-order valence-corrected chi connectivity index (χ4v) is 3.08. The molecular formula is C23H25Br2FeN3. The molecule has 29 heavy (non-hydrogen) atoms. The van der Waals surface area contributed by atoms with Crippen molar-refractivity contribution in [3.8, 4) is 0 Å². The average Bonchev–Trinajstić information content (AvgIpc) is 3.02. The number of halogens is 2. The minimum absolute atomic E-state index is 0.875. The molecule has 1 aromatic heterocycles. The van der Waals surface area contributed by atoms with Gasteiger partial charge in [-0.25, -0.2) is 0 Å². The molecule has 0 aliphatic carbocycles. The van der Waals surface area contributed by atoms with Crippen LogP contribution in [0.4, 0.5) is 11.4 Å². The molecule has 0 saturated carbocycles. The van der Waals surface area contributed by atoms with Crippen LogP contribution in [-0.4, -0.2) is 17.0 Å². The van der Waals surface area contributed by atoms with E-state index in [1.807, 2.05) is 19.5 Å². The average molecular weight is 559 g/mol. The third kappa shape index (κ3) is 6.51. The zero-order chi connectivity index (χ0) is 21.4. The second-order valence-corrected chi connectivity index (χ2v) is 12.4. The van der Waals surface area contributed by atoms with Crippen molar-refractivity contribution in [3.63, 3.8) is 0 Å². The summed E-state index contributed by atoms with van der Waals surface area (Å²) < 4.78 is 2.11. The van der Waals surface area contributed by atoms with Crippen LogP contribution in [0.2, 0.25) is 0 Å². The molecule has 0 spiro atoms. The Balaban J connectivity index is 0.000000941. The molecule has 3 rings (SSSR count). The van der Waals surface area contributed by atoms with Gasteiger partial charge in [0.25, 0.3) is 0 Å². The van der Waals surface area contributed by atoms with Gasteiger partial charge >= 0.3 is 39.6 Å². The van der Waals surface area contributed by atoms with E-state index >= 15 is 0 Å². The fourth-order valence-electron chi connectivity index (χ4n) is 3.08. The number of aliphatic imine (C=N–C) groups is 2. The normalized spacial score (nSPS) is 11.3. The van der Waals surface area contributed by atoms with Gasteiger partial charge < -0.3 is 4.57 Å². The van der Waals surface area contributed by atoms with Crippen molar-refractivity contribution >= 4 is 52.0 Å². The number of para-hydroxylation sites is 2. The van der Waals surface area contributed by atoms with E-state index in [0.29, 0.717) is 0 Å². The summed E-state index contributed by atoms with van der Waals surface area (Å²) in [5.74, 6) is 0. The van der Waals surface area contributed by atoms with Gasteiger partial charge in [0.15, 0.2) is 0 Å². The molecule has 0 radical (unpaired) electrons. The summed E-state index contributed by atoms with van der Waals surface area (Å²) >= 11 is 7.00. The number of hydrogen-bond acceptors (Lipinski definition) is 2. The van der Waals surface area contributed by atoms with Gasteiger partial charge in [0.2, 0.25) is 0 Å². The van der Waals surface area contributed by atoms with Crippen molar-refractivity contribution in [2.45, 2.75) is 27.7 Å². The van der Waals surface area contributed by atoms with Gasteiger partial charge in [0.1, 0.15) is 0 Å². The number of rotatable bonds is 4. The van der Waals surface area contributed by atoms with E-state index < -0.39 is 0 Å². The number of aryl methyl sites for hydroxylation is 4. The Hall–Kier alpha value is -1.46. The number of nitrogens with zero attached hydrogens (tertiary/aromatic N) is 3. The van der Waals surface area contributed by atoms with Crippen LogP contribution in [0, 0.1) is 27.7 Å². The number of hydrogen-bond donors (Lipinski definition) is 0. The Labute approximate surface area is 193 Å². The molecule has 0 aliphatic heterocycles. The zero-order valence-electron chi connectivity index (χ0n) is 17.2. The molecule has 1 heterocycles. The van der Waals surface area contributed by atoms with E-state index in [0.717, 1.165) is 34.1 Å². The van der Waals surface area contributed by atoms with Gasteiger partial charge in [-0.2, -0.15) is 0 Å². The number of aromatic nitrogens is 1. The topological polar surface area (TPSA) is 29.6 Å². The first-order chi connectivity index (χ1) is 13.9. The van der Waals surface area contributed by atoms with Crippen LogP contribution in [0.5, 0.6) is 0 Å². The van der Waals surface area contributed by atoms with E-state index in [2.05, 4.69) is 109 Å². The SMILES string of the molecule is Cc1cccc(C)c1N=Cc1ccc(C=Nc2c(C)cccc2C)n1C.[Br][Fe][Br]. The first-order valence-electron chi connectivity index (χ1n) is 9.10. The molecule has 0 fully saturated rings.